The van der Waals surface area contributed by atoms with E-state index in [4.69, 9.17) is 23.2 Å². The maximum Gasteiger partial charge on any atom is 0.203 e. The number of nitrogens with zero attached hydrogens (tertiary/aromatic N) is 2. The number of rotatable bonds is 2. The summed E-state index contributed by atoms with van der Waals surface area (Å²) >= 11 is 13.4. The number of hydrogen-bond acceptors (Lipinski definition) is 3. The summed E-state index contributed by atoms with van der Waals surface area (Å²) in [6.07, 6.45) is 4.32. The molecule has 0 fully saturated rings. The zero-order chi connectivity index (χ0) is 28.9. The molecule has 40 heavy (non-hydrogen) atoms. The molecule has 0 saturated heterocycles. The number of halogens is 2. The predicted molar refractivity (Wildman–Crippen MR) is 163 cm³/mol. The van der Waals surface area contributed by atoms with Crippen LogP contribution < -0.4 is 25.2 Å². The maximum absolute atomic E-state index is 12.6. The molecule has 6 rings (SSSR count). The van der Waals surface area contributed by atoms with Crippen molar-refractivity contribution in [2.45, 2.75) is 58.4 Å². The lowest BCUT2D eigenvalue weighted by Crippen LogP contribution is -2.44. The molecule has 4 nitrogen and oxygen atoms in total. The van der Waals surface area contributed by atoms with E-state index >= 15 is 0 Å². The fraction of sp³-hybridized carbons (Fsp3) is 0.353. The van der Waals surface area contributed by atoms with E-state index in [9.17, 15) is 9.90 Å². The summed E-state index contributed by atoms with van der Waals surface area (Å²) in [6, 6.07) is 12.3. The Labute approximate surface area is 245 Å². The van der Waals surface area contributed by atoms with Crippen molar-refractivity contribution in [3.63, 3.8) is 0 Å². The maximum atomic E-state index is 12.6. The van der Waals surface area contributed by atoms with Crippen LogP contribution >= 0.6 is 23.2 Å². The number of carboxylic acids is 1. The molecule has 0 N–H and O–H groups in total. The van der Waals surface area contributed by atoms with Gasteiger partial charge in [0.25, 0.3) is 0 Å². The highest BCUT2D eigenvalue weighted by Crippen LogP contribution is 2.48. The normalized spacial score (nSPS) is 18.4. The van der Waals surface area contributed by atoms with Crippen LogP contribution in [-0.4, -0.2) is 32.1 Å². The van der Waals surface area contributed by atoms with Gasteiger partial charge in [-0.25, -0.2) is 4.58 Å². The first-order chi connectivity index (χ1) is 18.7. The van der Waals surface area contributed by atoms with E-state index in [1.807, 2.05) is 0 Å². The molecule has 0 amide bonds. The zero-order valence-corrected chi connectivity index (χ0v) is 25.6. The largest absolute Gasteiger partial charge is 0.545 e. The molecule has 6 heteroatoms. The van der Waals surface area contributed by atoms with Crippen LogP contribution in [0.15, 0.2) is 42.5 Å². The van der Waals surface area contributed by atoms with Gasteiger partial charge in [-0.05, 0) is 90.6 Å². The van der Waals surface area contributed by atoms with Crippen molar-refractivity contribution in [2.24, 2.45) is 0 Å². The van der Waals surface area contributed by atoms with Crippen molar-refractivity contribution in [1.82, 2.24) is 4.58 Å². The average molecular weight is 574 g/mol. The fourth-order valence-corrected chi connectivity index (χ4v) is 7.50. The number of carboxylic acid groups (broad SMARTS) is 1. The Morgan fingerprint density at radius 3 is 2.40 bits per heavy atom. The lowest BCUT2D eigenvalue weighted by molar-refractivity contribution is -0.255. The van der Waals surface area contributed by atoms with E-state index in [2.05, 4.69) is 88.5 Å². The number of likely N-dealkylation sites (N-methyl/N-ethyl adjacent to an activating group) is 1. The van der Waals surface area contributed by atoms with Crippen molar-refractivity contribution in [1.29, 1.82) is 0 Å². The molecule has 1 aliphatic carbocycles. The Morgan fingerprint density at radius 2 is 1.70 bits per heavy atom. The van der Waals surface area contributed by atoms with E-state index in [1.165, 1.54) is 22.6 Å². The summed E-state index contributed by atoms with van der Waals surface area (Å²) < 4.78 is 2.32. The minimum Gasteiger partial charge on any atom is -0.545 e. The summed E-state index contributed by atoms with van der Waals surface area (Å²) in [5.41, 5.74) is 8.64. The number of anilines is 1. The number of benzene rings is 3. The van der Waals surface area contributed by atoms with E-state index < -0.39 is 5.97 Å². The van der Waals surface area contributed by atoms with Gasteiger partial charge < -0.3 is 14.8 Å². The van der Waals surface area contributed by atoms with Crippen molar-refractivity contribution in [3.05, 3.63) is 102 Å². The van der Waals surface area contributed by atoms with Crippen LogP contribution in [0.2, 0.25) is 10.0 Å². The highest BCUT2D eigenvalue weighted by molar-refractivity contribution is 6.37. The average Bonchev–Trinajstić information content (AvgIpc) is 2.88. The van der Waals surface area contributed by atoms with Gasteiger partial charge in [-0.2, -0.15) is 0 Å². The Balaban J connectivity index is 1.85. The van der Waals surface area contributed by atoms with Crippen LogP contribution in [0, 0.1) is 0 Å². The number of carbonyl (C=O) groups is 1. The summed E-state index contributed by atoms with van der Waals surface area (Å²) in [4.78, 5) is 14.9. The molecule has 3 aliphatic rings. The van der Waals surface area contributed by atoms with Gasteiger partial charge in [0.2, 0.25) is 5.36 Å². The third kappa shape index (κ3) is 3.79. The summed E-state index contributed by atoms with van der Waals surface area (Å²) in [6.45, 7) is 12.1. The van der Waals surface area contributed by atoms with Crippen molar-refractivity contribution < 1.29 is 9.90 Å². The molecule has 0 unspecified atom stereocenters. The van der Waals surface area contributed by atoms with Gasteiger partial charge in [0.05, 0.1) is 16.5 Å². The van der Waals surface area contributed by atoms with Crippen LogP contribution in [0.25, 0.3) is 11.1 Å². The molecule has 2 heterocycles. The smallest absolute Gasteiger partial charge is 0.203 e. The first kappa shape index (κ1) is 27.1. The molecular formula is C34H34Cl2N2O2. The minimum absolute atomic E-state index is 0.0705. The topological polar surface area (TPSA) is 46.4 Å². The molecule has 0 radical (unpaired) electrons. The van der Waals surface area contributed by atoms with Gasteiger partial charge in [-0.3, -0.25) is 0 Å². The van der Waals surface area contributed by atoms with Crippen molar-refractivity contribution in [2.75, 3.05) is 25.5 Å². The number of carbonyl (C=O) groups excluding carboxylic acids is 1. The molecule has 0 saturated carbocycles. The number of allylic oxidation sites excluding steroid dienone is 1. The van der Waals surface area contributed by atoms with E-state index in [-0.39, 0.29) is 21.5 Å². The van der Waals surface area contributed by atoms with Crippen molar-refractivity contribution in [3.8, 4) is 0 Å². The molecular weight excluding hydrogens is 539 g/mol. The van der Waals surface area contributed by atoms with Gasteiger partial charge in [0, 0.05) is 57.9 Å². The Bertz CT molecular complexity index is 1810. The van der Waals surface area contributed by atoms with Gasteiger partial charge in [-0.1, -0.05) is 43.1 Å². The van der Waals surface area contributed by atoms with Gasteiger partial charge in [0.15, 0.2) is 0 Å². The predicted octanol–water partition coefficient (Wildman–Crippen LogP) is 4.94. The first-order valence-corrected chi connectivity index (χ1v) is 14.6. The Hall–Kier alpha value is -3.08. The number of fused-ring (bicyclic) bond motifs is 4. The second-order valence-corrected chi connectivity index (χ2v) is 13.4. The van der Waals surface area contributed by atoms with E-state index in [0.717, 1.165) is 58.1 Å². The van der Waals surface area contributed by atoms with Crippen LogP contribution in [0.5, 0.6) is 0 Å². The quantitative estimate of drug-likeness (QED) is 0.408. The van der Waals surface area contributed by atoms with Gasteiger partial charge >= 0.3 is 0 Å². The van der Waals surface area contributed by atoms with Crippen LogP contribution in [0.4, 0.5) is 5.69 Å². The molecule has 3 aromatic rings. The van der Waals surface area contributed by atoms with Crippen LogP contribution in [0.1, 0.15) is 84.8 Å². The SMILES string of the molecule is CC1=CC(C)(C)N(C)c2cc3c(cc21)C(c1c(Cl)ccc(Cl)c1C(=O)[O-])=c1cc2c(cc1C3(C)C)=[N+](C)CCC2. The molecule has 0 atom stereocenters. The van der Waals surface area contributed by atoms with Crippen LogP contribution in [0.3, 0.4) is 0 Å². The third-order valence-corrected chi connectivity index (χ3v) is 10.00. The Kier molecular flexibility index (Phi) is 6.07. The monoisotopic (exact) mass is 572 g/mol. The van der Waals surface area contributed by atoms with Gasteiger partial charge in [0.1, 0.15) is 13.6 Å². The highest BCUT2D eigenvalue weighted by Gasteiger charge is 2.39. The van der Waals surface area contributed by atoms with E-state index in [1.54, 1.807) is 6.07 Å². The molecule has 206 valence electrons. The molecule has 0 aromatic heterocycles. The van der Waals surface area contributed by atoms with Crippen molar-refractivity contribution >= 4 is 46.0 Å². The molecule has 0 spiro atoms. The number of hydrogen-bond donors (Lipinski definition) is 0. The summed E-state index contributed by atoms with van der Waals surface area (Å²) in [5, 5.41) is 15.3. The van der Waals surface area contributed by atoms with E-state index in [0.29, 0.717) is 10.6 Å². The second-order valence-electron chi connectivity index (χ2n) is 12.6. The lowest BCUT2D eigenvalue weighted by atomic mass is 9.67. The number of aromatic carboxylic acids is 1. The minimum atomic E-state index is -1.34. The Morgan fingerprint density at radius 1 is 1.00 bits per heavy atom. The molecule has 2 aliphatic heterocycles. The zero-order valence-electron chi connectivity index (χ0n) is 24.1. The first-order valence-electron chi connectivity index (χ1n) is 13.8. The molecule has 0 bridgehead atoms. The van der Waals surface area contributed by atoms with Crippen LogP contribution in [-0.2, 0) is 11.8 Å². The second kappa shape index (κ2) is 8.96. The fourth-order valence-electron chi connectivity index (χ4n) is 7.02. The lowest BCUT2D eigenvalue weighted by Gasteiger charge is -2.43. The third-order valence-electron chi connectivity index (χ3n) is 9.37. The number of aryl methyl sites for hydroxylation is 1. The summed E-state index contributed by atoms with van der Waals surface area (Å²) in [5.74, 6) is -1.34. The highest BCUT2D eigenvalue weighted by atomic mass is 35.5. The van der Waals surface area contributed by atoms with Gasteiger partial charge in [-0.15, -0.1) is 0 Å². The molecule has 3 aromatic carbocycles. The standard InChI is InChI=1S/C34H34Cl2N2O2/c1-18-17-33(2,3)38(7)28-16-24-22(14-20(18)28)29(30-25(35)10-11-26(36)31(30)32(39)40)21-13-19-9-8-12-37(6)27(19)15-23(21)34(24,4)5/h10-11,13-17H,8-9,12H2,1-7H3. The summed E-state index contributed by atoms with van der Waals surface area (Å²) in [7, 11) is 4.28.